The summed E-state index contributed by atoms with van der Waals surface area (Å²) in [6, 6.07) is 3.63. The summed E-state index contributed by atoms with van der Waals surface area (Å²) < 4.78 is 6.98. The molecular weight excluding hydrogens is 346 g/mol. The summed E-state index contributed by atoms with van der Waals surface area (Å²) in [5.41, 5.74) is 0.497. The highest BCUT2D eigenvalue weighted by Crippen LogP contribution is 2.34. The standard InChI is InChI=1S/C20H21N3O4/c1-11(2)5-6-23-18-17(19(25)22-20(23)26)13-8-12(16-4-3-7-27-16)9-15(24)14(13)10-21-18/h3-4,7,10-12H,5-6,8-9H2,1-2H3,(H,22,25,26). The zero-order chi connectivity index (χ0) is 19.1. The minimum absolute atomic E-state index is 0.0635. The van der Waals surface area contributed by atoms with Crippen LogP contribution >= 0.6 is 0 Å². The Labute approximate surface area is 155 Å². The van der Waals surface area contributed by atoms with Gasteiger partial charge in [-0.3, -0.25) is 19.1 Å². The Bertz CT molecular complexity index is 1120. The molecular formula is C20H21N3O4. The first kappa shape index (κ1) is 17.5. The SMILES string of the molecule is CC(C)CCn1c(=O)[nH]c(=O)c2c3c(cnc21)C(=O)CC(c1ccco1)C3. The van der Waals surface area contributed by atoms with Gasteiger partial charge in [0.05, 0.1) is 11.6 Å². The Balaban J connectivity index is 1.91. The smallest absolute Gasteiger partial charge is 0.329 e. The largest absolute Gasteiger partial charge is 0.469 e. The molecule has 4 rings (SSSR count). The molecule has 7 nitrogen and oxygen atoms in total. The zero-order valence-electron chi connectivity index (χ0n) is 15.3. The van der Waals surface area contributed by atoms with E-state index in [0.29, 0.717) is 47.5 Å². The van der Waals surface area contributed by atoms with Crippen molar-refractivity contribution in [3.63, 3.8) is 0 Å². The molecule has 1 unspecified atom stereocenters. The third kappa shape index (κ3) is 3.03. The molecule has 27 heavy (non-hydrogen) atoms. The van der Waals surface area contributed by atoms with Crippen LogP contribution in [0.1, 0.15) is 54.3 Å². The number of Topliss-reactive ketones (excluding diaryl/α,β-unsaturated/α-hetero) is 1. The Morgan fingerprint density at radius 2 is 2.11 bits per heavy atom. The Morgan fingerprint density at radius 3 is 2.81 bits per heavy atom. The summed E-state index contributed by atoms with van der Waals surface area (Å²) >= 11 is 0. The highest BCUT2D eigenvalue weighted by Gasteiger charge is 2.31. The predicted molar refractivity (Wildman–Crippen MR) is 100 cm³/mol. The number of hydrogen-bond donors (Lipinski definition) is 1. The lowest BCUT2D eigenvalue weighted by molar-refractivity contribution is 0.0960. The molecule has 7 heteroatoms. The number of hydrogen-bond acceptors (Lipinski definition) is 5. The maximum Gasteiger partial charge on any atom is 0.329 e. The lowest BCUT2D eigenvalue weighted by Gasteiger charge is -2.23. The van der Waals surface area contributed by atoms with Gasteiger partial charge in [0.2, 0.25) is 0 Å². The van der Waals surface area contributed by atoms with E-state index in [1.54, 1.807) is 12.3 Å². The van der Waals surface area contributed by atoms with Gasteiger partial charge in [0.1, 0.15) is 11.4 Å². The second-order valence-corrected chi connectivity index (χ2v) is 7.49. The maximum atomic E-state index is 12.7. The number of carbonyl (C=O) groups excluding carboxylic acids is 1. The summed E-state index contributed by atoms with van der Waals surface area (Å²) in [5.74, 6) is 0.942. The number of fused-ring (bicyclic) bond motifs is 3. The van der Waals surface area contributed by atoms with Crippen molar-refractivity contribution in [1.29, 1.82) is 0 Å². The van der Waals surface area contributed by atoms with Crippen LogP contribution in [0.3, 0.4) is 0 Å². The van der Waals surface area contributed by atoms with E-state index < -0.39 is 11.2 Å². The topological polar surface area (TPSA) is 98.0 Å². The maximum absolute atomic E-state index is 12.7. The van der Waals surface area contributed by atoms with Gasteiger partial charge in [-0.2, -0.15) is 0 Å². The molecule has 0 saturated heterocycles. The van der Waals surface area contributed by atoms with Gasteiger partial charge in [0, 0.05) is 30.6 Å². The van der Waals surface area contributed by atoms with Crippen molar-refractivity contribution < 1.29 is 9.21 Å². The fourth-order valence-electron chi connectivity index (χ4n) is 3.73. The molecule has 3 aromatic heterocycles. The molecule has 0 aromatic carbocycles. The Morgan fingerprint density at radius 1 is 1.30 bits per heavy atom. The van der Waals surface area contributed by atoms with Gasteiger partial charge in [-0.05, 0) is 36.5 Å². The Hall–Kier alpha value is -2.96. The quantitative estimate of drug-likeness (QED) is 0.764. The number of rotatable bonds is 4. The third-order valence-electron chi connectivity index (χ3n) is 5.17. The lowest BCUT2D eigenvalue weighted by Crippen LogP contribution is -2.33. The number of aromatic amines is 1. The van der Waals surface area contributed by atoms with Gasteiger partial charge in [-0.25, -0.2) is 9.78 Å². The predicted octanol–water partition coefficient (Wildman–Crippen LogP) is 2.64. The van der Waals surface area contributed by atoms with Gasteiger partial charge >= 0.3 is 5.69 Å². The van der Waals surface area contributed by atoms with Crippen LogP contribution in [0, 0.1) is 5.92 Å². The number of furan rings is 1. The molecule has 0 bridgehead atoms. The van der Waals surface area contributed by atoms with Gasteiger partial charge in [-0.1, -0.05) is 13.8 Å². The van der Waals surface area contributed by atoms with E-state index in [1.807, 2.05) is 6.07 Å². The molecule has 3 heterocycles. The zero-order valence-corrected chi connectivity index (χ0v) is 15.3. The number of aromatic nitrogens is 3. The minimum Gasteiger partial charge on any atom is -0.469 e. The highest BCUT2D eigenvalue weighted by molar-refractivity contribution is 6.02. The van der Waals surface area contributed by atoms with Crippen LogP contribution in [0.15, 0.2) is 38.6 Å². The first-order chi connectivity index (χ1) is 13.0. The van der Waals surface area contributed by atoms with E-state index in [2.05, 4.69) is 23.8 Å². The number of H-pyrrole nitrogens is 1. The van der Waals surface area contributed by atoms with Gasteiger partial charge in [-0.15, -0.1) is 0 Å². The highest BCUT2D eigenvalue weighted by atomic mass is 16.3. The fourth-order valence-corrected chi connectivity index (χ4v) is 3.73. The molecule has 1 atom stereocenters. The minimum atomic E-state index is -0.493. The first-order valence-electron chi connectivity index (χ1n) is 9.17. The summed E-state index contributed by atoms with van der Waals surface area (Å²) in [6.07, 6.45) is 4.69. The number of aryl methyl sites for hydroxylation is 1. The average molecular weight is 367 g/mol. The number of pyridine rings is 1. The fraction of sp³-hybridized carbons (Fsp3) is 0.400. The van der Waals surface area contributed by atoms with Gasteiger partial charge < -0.3 is 4.42 Å². The summed E-state index contributed by atoms with van der Waals surface area (Å²) in [4.78, 5) is 44.3. The first-order valence-corrected chi connectivity index (χ1v) is 9.17. The molecule has 140 valence electrons. The summed E-state index contributed by atoms with van der Waals surface area (Å²) in [6.45, 7) is 4.60. The molecule has 1 N–H and O–H groups in total. The summed E-state index contributed by atoms with van der Waals surface area (Å²) in [7, 11) is 0. The molecule has 0 amide bonds. The molecule has 0 saturated carbocycles. The van der Waals surface area contributed by atoms with E-state index in [1.165, 1.54) is 10.8 Å². The third-order valence-corrected chi connectivity index (χ3v) is 5.17. The summed E-state index contributed by atoms with van der Waals surface area (Å²) in [5, 5.41) is 0.334. The second kappa shape index (κ2) is 6.64. The van der Waals surface area contributed by atoms with Crippen LogP contribution in [0.2, 0.25) is 0 Å². The van der Waals surface area contributed by atoms with E-state index in [9.17, 15) is 14.4 Å². The average Bonchev–Trinajstić information content (AvgIpc) is 3.15. The molecule has 1 aliphatic carbocycles. The molecule has 0 fully saturated rings. The second-order valence-electron chi connectivity index (χ2n) is 7.49. The van der Waals surface area contributed by atoms with Crippen molar-refractivity contribution >= 4 is 16.8 Å². The molecule has 0 radical (unpaired) electrons. The van der Waals surface area contributed by atoms with Crippen molar-refractivity contribution in [3.05, 3.63) is 62.3 Å². The number of carbonyl (C=O) groups is 1. The van der Waals surface area contributed by atoms with E-state index in [-0.39, 0.29) is 11.7 Å². The van der Waals surface area contributed by atoms with Gasteiger partial charge in [0.25, 0.3) is 5.56 Å². The molecule has 0 spiro atoms. The monoisotopic (exact) mass is 367 g/mol. The molecule has 3 aromatic rings. The van der Waals surface area contributed by atoms with E-state index >= 15 is 0 Å². The number of nitrogens with zero attached hydrogens (tertiary/aromatic N) is 2. The van der Waals surface area contributed by atoms with Crippen LogP contribution in [0.25, 0.3) is 11.0 Å². The Kier molecular flexibility index (Phi) is 4.30. The van der Waals surface area contributed by atoms with Gasteiger partial charge in [0.15, 0.2) is 5.78 Å². The van der Waals surface area contributed by atoms with Crippen LogP contribution in [-0.2, 0) is 13.0 Å². The van der Waals surface area contributed by atoms with Crippen molar-refractivity contribution in [1.82, 2.24) is 14.5 Å². The van der Waals surface area contributed by atoms with Crippen LogP contribution in [0.4, 0.5) is 0 Å². The molecule has 0 aliphatic heterocycles. The van der Waals surface area contributed by atoms with Crippen molar-refractivity contribution in [2.75, 3.05) is 0 Å². The normalized spacial score (nSPS) is 16.9. The van der Waals surface area contributed by atoms with Crippen LogP contribution in [0.5, 0.6) is 0 Å². The van der Waals surface area contributed by atoms with E-state index in [0.717, 1.165) is 12.2 Å². The van der Waals surface area contributed by atoms with Crippen molar-refractivity contribution in [2.45, 2.75) is 45.6 Å². The van der Waals surface area contributed by atoms with Crippen molar-refractivity contribution in [3.8, 4) is 0 Å². The number of nitrogens with one attached hydrogen (secondary N) is 1. The number of ketones is 1. The molecule has 1 aliphatic rings. The van der Waals surface area contributed by atoms with Crippen LogP contribution in [-0.4, -0.2) is 20.3 Å². The van der Waals surface area contributed by atoms with Crippen molar-refractivity contribution in [2.24, 2.45) is 5.92 Å². The van der Waals surface area contributed by atoms with E-state index in [4.69, 9.17) is 4.42 Å². The lowest BCUT2D eigenvalue weighted by atomic mass is 9.81. The van der Waals surface area contributed by atoms with Crippen LogP contribution < -0.4 is 11.2 Å².